The van der Waals surface area contributed by atoms with Gasteiger partial charge in [0.1, 0.15) is 0 Å². The number of aliphatic hydroxyl groups is 1. The van der Waals surface area contributed by atoms with E-state index in [1.165, 1.54) is 54.3 Å². The molecule has 6 aromatic carbocycles. The minimum absolute atomic E-state index is 0. The topological polar surface area (TPSA) is 421 Å². The number of methoxy groups -OCH3 is 5. The van der Waals surface area contributed by atoms with Gasteiger partial charge in [0.15, 0.2) is 44.8 Å². The number of alkyl halides is 1. The molecule has 16 aliphatic rings. The van der Waals surface area contributed by atoms with Gasteiger partial charge in [-0.15, -0.1) is 0 Å². The molecule has 30 nitrogen and oxygen atoms in total. The minimum Gasteiger partial charge on any atom is -1.00 e. The largest absolute Gasteiger partial charge is 1.00 e. The number of hydrogen-bond acceptors (Lipinski definition) is 23. The van der Waals surface area contributed by atoms with E-state index in [9.17, 15) is 43.5 Å². The molecule has 10 N–H and O–H groups in total. The number of rotatable bonds is 6. The number of carbonyl (C=O) groups is 10. The van der Waals surface area contributed by atoms with Crippen molar-refractivity contribution in [2.75, 3.05) is 61.6 Å². The molecule has 788 valence electrons. The first-order valence-electron chi connectivity index (χ1n) is 51.0. The van der Waals surface area contributed by atoms with Crippen LogP contribution in [0.15, 0.2) is 114 Å². The van der Waals surface area contributed by atoms with E-state index >= 15 is 0 Å². The van der Waals surface area contributed by atoms with Crippen LogP contribution in [-0.4, -0.2) is 200 Å². The van der Waals surface area contributed by atoms with Crippen molar-refractivity contribution >= 4 is 106 Å². The van der Waals surface area contributed by atoms with Crippen LogP contribution in [0.25, 0.3) is 0 Å². The van der Waals surface area contributed by atoms with Crippen LogP contribution in [0.4, 0.5) is 9.59 Å². The van der Waals surface area contributed by atoms with E-state index in [0.29, 0.717) is 34.8 Å². The molecular weight excluding hydrogens is 2050 g/mol. The number of primary amides is 1. The summed E-state index contributed by atoms with van der Waals surface area (Å²) in [6.45, 7) is 17.4. The van der Waals surface area contributed by atoms with Crippen molar-refractivity contribution in [1.29, 1.82) is 0 Å². The predicted octanol–water partition coefficient (Wildman–Crippen LogP) is 9.39. The second-order valence-corrected chi connectivity index (χ2v) is 44.5. The summed E-state index contributed by atoms with van der Waals surface area (Å²) < 4.78 is 27.6. The number of aliphatic hydroxyl groups excluding tert-OH is 1. The SMILES string of the molecule is CC(C)(C)OO.CI.COC1CCC2(CC1)Cc1ccc(C)cc1C21N=C(N)N(C)C1=O.COC1CCC2(CC1)Cc1ccc(C)cc1C21NC(=O)N(C)C1=O.COC1CCC2(CC1)Cc1ccc(C)cc1C21NC(=O)NC1=O.COC1CCC2(CC1)Cc1ccc(C)cc1C21NC(=S)N(C)C1=O.COC1CCC2(CC1)Cc1ccc(C)cc1C2=O.Cc1ccc2c(c1)C(=O)C1(CCC(O)CC1)C2.NC=O.O=CO[O-].[H-].[K+].[K+]. The number of fused-ring (bicyclic) bond motifs is 14. The van der Waals surface area contributed by atoms with Gasteiger partial charge in [0, 0.05) is 100 Å². The molecule has 147 heavy (non-hydrogen) atoms. The number of ether oxygens (including phenoxy) is 5. The molecule has 0 radical (unpaired) electrons. The molecule has 9 amide bonds. The average Bonchev–Trinajstić information content (AvgIpc) is 1.54. The number of likely N-dealkylation sites (N-methyl/N-ethyl adjacent to an activating group) is 3. The van der Waals surface area contributed by atoms with E-state index in [4.69, 9.17) is 66.7 Å². The summed E-state index contributed by atoms with van der Waals surface area (Å²) in [7, 11) is 13.9. The van der Waals surface area contributed by atoms with Gasteiger partial charge >= 0.3 is 115 Å². The first-order chi connectivity index (χ1) is 68.9. The van der Waals surface area contributed by atoms with Crippen molar-refractivity contribution in [2.45, 2.75) is 319 Å². The number of halogens is 1. The molecule has 10 spiro atoms. The summed E-state index contributed by atoms with van der Waals surface area (Å²) in [6.07, 6.45) is 29.1. The van der Waals surface area contributed by atoms with Crippen molar-refractivity contribution in [1.82, 2.24) is 36.0 Å². The molecule has 0 bridgehead atoms. The number of ketones is 2. The number of nitrogens with zero attached hydrogens (tertiary/aromatic N) is 4. The molecule has 4 heterocycles. The summed E-state index contributed by atoms with van der Waals surface area (Å²) >= 11 is 7.61. The number of urea groups is 2. The minimum atomic E-state index is -0.913. The molecule has 4 aliphatic heterocycles. The first kappa shape index (κ1) is 121. The summed E-state index contributed by atoms with van der Waals surface area (Å²) in [5.41, 5.74) is 25.8. The number of carbonyl (C=O) groups excluding carboxylic acids is 10. The number of aryl methyl sites for hydroxylation is 6. The van der Waals surface area contributed by atoms with E-state index < -0.39 is 27.8 Å². The van der Waals surface area contributed by atoms with E-state index in [1.54, 1.807) is 82.4 Å². The third kappa shape index (κ3) is 22.9. The fourth-order valence-corrected chi connectivity index (χ4v) is 27.3. The number of Topliss-reactive ketones (excluding diaryl/α,β-unsaturated/α-hetero) is 2. The van der Waals surface area contributed by atoms with Gasteiger partial charge in [0.2, 0.25) is 6.41 Å². The Kier molecular flexibility index (Phi) is 40.6. The van der Waals surface area contributed by atoms with Crippen molar-refractivity contribution in [3.05, 3.63) is 209 Å². The van der Waals surface area contributed by atoms with E-state index in [0.717, 1.165) is 248 Å². The number of aliphatic imine (C=N–C) groups is 1. The number of hydrogen-bond donors (Lipinski definition) is 8. The maximum atomic E-state index is 13.4. The standard InChI is InChI=1S/C19H25N3O2.C19H24N2O3.C19H24N2O2S.C18H22N2O3.C16H20O2.C15H18O2.C4H10O2.CH3I.CH3NO.CH2O3.2K.H/c1-12-4-5-13-11-18(8-6-14(24-3)7-9-18)19(15(13)10-12)16(23)22(2)17(20)21-19;1-12-4-5-13-11-18(8-6-14(24-3)7-9-18)19(15(13)10-12)16(22)21(2)17(23)20-19;1-12-4-5-13-11-18(8-6-14(23-3)7-9-18)19(15(13)10-12)16(22)21(2)17(24)20-19;1-11-3-4-12-10-17(7-5-13(23-2)6-8-17)18(14(12)9-11)15(21)19-16(22)20-18;1-11-3-4-12-10-16(15(17)14(12)9-11)7-5-13(18-2)6-8-16;1-10-2-3-11-9-15(14(17)13(11)8-10)6-4-12(16)5-7-15;1-4(2,3)6-5;1-2;2-1-3;2-1-4-3;;;/h4-5,10,14H,6-9,11H2,1-3H3,(H2,20,21);4-5,10,14H,6-9,11H2,1-3H3,(H,20,23);4-5,10,14H,6-9,11H2,1-3H3,(H,20,24);3-4,9,13H,5-8,10H2,1-2H3,(H2,19,20,21,22);3-4,9,13H,5-8,10H2,1-2H3;2-3,8,12,16H,4-7,9H2,1H3;5H,1-3H3;1H3;1H,(H2,2,3);1,3H;;;/q;;;;;;;;;;2*+1;-1/p-1. The number of imide groups is 2. The number of thiocarbonyl (C=S) groups is 1. The molecule has 12 aliphatic carbocycles. The smallest absolute Gasteiger partial charge is 1.00 e. The summed E-state index contributed by atoms with van der Waals surface area (Å²) in [5, 5.41) is 38.5. The third-order valence-electron chi connectivity index (χ3n) is 34.9. The maximum Gasteiger partial charge on any atom is 1.00 e. The maximum absolute atomic E-state index is 13.4. The Hall–Kier alpha value is -6.58. The van der Waals surface area contributed by atoms with Crippen molar-refractivity contribution in [3.63, 3.8) is 0 Å². The van der Waals surface area contributed by atoms with Gasteiger partial charge in [-0.3, -0.25) is 63.6 Å². The molecule has 4 unspecified atom stereocenters. The van der Waals surface area contributed by atoms with Crippen LogP contribution in [0.1, 0.15) is 286 Å². The summed E-state index contributed by atoms with van der Waals surface area (Å²) in [4.78, 5) is 137. The molecular formula is C113H151IK2N10O20S. The van der Waals surface area contributed by atoms with Gasteiger partial charge in [0.25, 0.3) is 30.1 Å². The number of nitrogens with one attached hydrogen (secondary N) is 4. The molecule has 22 rings (SSSR count). The predicted molar refractivity (Wildman–Crippen MR) is 563 cm³/mol. The van der Waals surface area contributed by atoms with Gasteiger partial charge < -0.3 is 67.8 Å². The number of benzene rings is 6. The Morgan fingerprint density at radius 3 is 1.03 bits per heavy atom. The second-order valence-electron chi connectivity index (χ2n) is 44.1. The van der Waals surface area contributed by atoms with Crippen LogP contribution in [0.2, 0.25) is 0 Å². The van der Waals surface area contributed by atoms with Crippen LogP contribution in [0.5, 0.6) is 0 Å². The Bertz CT molecular complexity index is 5750. The second kappa shape index (κ2) is 49.5. The van der Waals surface area contributed by atoms with Crippen molar-refractivity contribution in [3.8, 4) is 0 Å². The third-order valence-corrected chi connectivity index (χ3v) is 35.2. The van der Waals surface area contributed by atoms with Gasteiger partial charge in [-0.25, -0.2) is 19.5 Å². The average molecular weight is 2210 g/mol. The Balaban J connectivity index is 0.000000177. The van der Waals surface area contributed by atoms with Crippen LogP contribution >= 0.6 is 34.8 Å². The van der Waals surface area contributed by atoms with Crippen LogP contribution in [-0.2, 0) is 123 Å². The molecule has 3 saturated heterocycles. The molecule has 34 heteroatoms. The molecule has 6 saturated carbocycles. The van der Waals surface area contributed by atoms with Gasteiger partial charge in [-0.2, -0.15) is 0 Å². The summed E-state index contributed by atoms with van der Waals surface area (Å²) in [6, 6.07) is 37.4. The normalized spacial score (nSPS) is 30.9. The van der Waals surface area contributed by atoms with Gasteiger partial charge in [0.05, 0.1) is 42.2 Å². The quantitative estimate of drug-likeness (QED) is 0.0112. The Labute approximate surface area is 971 Å². The number of guanidine groups is 1. The number of nitrogens with two attached hydrogens (primary N) is 2. The zero-order valence-corrected chi connectivity index (χ0v) is 98.9. The van der Waals surface area contributed by atoms with Crippen LogP contribution < -0.4 is 141 Å². The van der Waals surface area contributed by atoms with Gasteiger partial charge in [-0.05, 0) is 340 Å². The Morgan fingerprint density at radius 2 is 0.735 bits per heavy atom. The molecule has 4 atom stereocenters. The Morgan fingerprint density at radius 1 is 0.442 bits per heavy atom. The van der Waals surface area contributed by atoms with Crippen molar-refractivity contribution in [2.24, 2.45) is 48.9 Å². The molecule has 9 fully saturated rings. The molecule has 6 aromatic rings. The zero-order valence-electron chi connectivity index (χ0n) is 90.7. The van der Waals surface area contributed by atoms with Crippen LogP contribution in [0.3, 0.4) is 0 Å². The fraction of sp³-hybridized carbons (Fsp3) is 0.575. The number of amides is 9. The van der Waals surface area contributed by atoms with Crippen molar-refractivity contribution < 1.29 is 201 Å². The van der Waals surface area contributed by atoms with Gasteiger partial charge in [-0.1, -0.05) is 153 Å². The van der Waals surface area contributed by atoms with Crippen LogP contribution in [0, 0.1) is 74.0 Å². The monoisotopic (exact) mass is 2200 g/mol. The fourth-order valence-electron chi connectivity index (χ4n) is 27.1. The van der Waals surface area contributed by atoms with E-state index in [-0.39, 0.29) is 210 Å². The summed E-state index contributed by atoms with van der Waals surface area (Å²) in [5.74, 6) is 0.879. The van der Waals surface area contributed by atoms with E-state index in [1.807, 2.05) is 31.8 Å². The zero-order chi connectivity index (χ0) is 106. The first-order valence-corrected chi connectivity index (χ1v) is 53.6. The molecule has 0 aromatic heterocycles. The van der Waals surface area contributed by atoms with E-state index in [2.05, 4.69) is 183 Å².